The Bertz CT molecular complexity index is 996. The standard InChI is InChI=1S/C22H27Cl2N3O4S/c23-19-5-7-21(8-6-19)32(29,30)27(16-18-3-1-4-20(24)15-18)17-22(28)25-9-2-10-26-11-13-31-14-12-26/h1,3-8,15H,2,9-14,16-17H2,(H,25,28). The molecule has 7 nitrogen and oxygen atoms in total. The molecule has 1 aliphatic rings. The van der Waals surface area contributed by atoms with Crippen molar-refractivity contribution in [2.45, 2.75) is 17.9 Å². The zero-order valence-electron chi connectivity index (χ0n) is 17.7. The van der Waals surface area contributed by atoms with Gasteiger partial charge in [0, 0.05) is 36.2 Å². The van der Waals surface area contributed by atoms with Crippen molar-refractivity contribution in [2.24, 2.45) is 0 Å². The van der Waals surface area contributed by atoms with Crippen molar-refractivity contribution in [1.82, 2.24) is 14.5 Å². The van der Waals surface area contributed by atoms with Crippen LogP contribution in [0, 0.1) is 0 Å². The molecule has 0 unspecified atom stereocenters. The Hall–Kier alpha value is -1.68. The van der Waals surface area contributed by atoms with E-state index in [0.29, 0.717) is 22.2 Å². The fourth-order valence-electron chi connectivity index (χ4n) is 3.39. The van der Waals surface area contributed by atoms with Gasteiger partial charge < -0.3 is 10.1 Å². The second-order valence-electron chi connectivity index (χ2n) is 7.51. The third-order valence-corrected chi connectivity index (χ3v) is 7.39. The summed E-state index contributed by atoms with van der Waals surface area (Å²) in [6.45, 7) is 4.30. The number of amides is 1. The number of sulfonamides is 1. The van der Waals surface area contributed by atoms with E-state index in [0.717, 1.165) is 43.6 Å². The number of hydrogen-bond acceptors (Lipinski definition) is 5. The normalized spacial score (nSPS) is 15.1. The smallest absolute Gasteiger partial charge is 0.243 e. The van der Waals surface area contributed by atoms with Gasteiger partial charge in [0.1, 0.15) is 0 Å². The first-order chi connectivity index (χ1) is 15.3. The molecule has 2 aromatic carbocycles. The Balaban J connectivity index is 1.64. The summed E-state index contributed by atoms with van der Waals surface area (Å²) < 4.78 is 33.0. The highest BCUT2D eigenvalue weighted by Gasteiger charge is 2.27. The summed E-state index contributed by atoms with van der Waals surface area (Å²) in [5.41, 5.74) is 0.690. The lowest BCUT2D eigenvalue weighted by Crippen LogP contribution is -2.41. The molecule has 174 valence electrons. The van der Waals surface area contributed by atoms with Crippen molar-refractivity contribution >= 4 is 39.1 Å². The van der Waals surface area contributed by atoms with Crippen LogP contribution in [0.1, 0.15) is 12.0 Å². The minimum absolute atomic E-state index is 0.0206. The van der Waals surface area contributed by atoms with Crippen molar-refractivity contribution in [1.29, 1.82) is 0 Å². The molecule has 1 N–H and O–H groups in total. The van der Waals surface area contributed by atoms with Crippen LogP contribution in [0.5, 0.6) is 0 Å². The number of hydrogen-bond donors (Lipinski definition) is 1. The van der Waals surface area contributed by atoms with E-state index in [-0.39, 0.29) is 23.9 Å². The number of nitrogens with one attached hydrogen (secondary N) is 1. The molecule has 0 aliphatic carbocycles. The van der Waals surface area contributed by atoms with Crippen molar-refractivity contribution in [3.8, 4) is 0 Å². The zero-order chi connectivity index (χ0) is 23.0. The molecule has 0 saturated carbocycles. The van der Waals surface area contributed by atoms with E-state index in [1.54, 1.807) is 24.3 Å². The third-order valence-electron chi connectivity index (χ3n) is 5.10. The van der Waals surface area contributed by atoms with E-state index in [1.165, 1.54) is 24.3 Å². The van der Waals surface area contributed by atoms with Crippen LogP contribution in [0.15, 0.2) is 53.4 Å². The van der Waals surface area contributed by atoms with E-state index in [4.69, 9.17) is 27.9 Å². The Labute approximate surface area is 199 Å². The molecule has 1 heterocycles. The number of rotatable bonds is 10. The fourth-order valence-corrected chi connectivity index (χ4v) is 5.12. The van der Waals surface area contributed by atoms with Gasteiger partial charge in [0.15, 0.2) is 0 Å². The van der Waals surface area contributed by atoms with Crippen LogP contribution < -0.4 is 5.32 Å². The van der Waals surface area contributed by atoms with Crippen LogP contribution in [0.4, 0.5) is 0 Å². The Morgan fingerprint density at radius 3 is 2.47 bits per heavy atom. The number of carbonyl (C=O) groups excluding carboxylic acids is 1. The first-order valence-electron chi connectivity index (χ1n) is 10.4. The second kappa shape index (κ2) is 12.0. The van der Waals surface area contributed by atoms with Crippen LogP contribution in [0.3, 0.4) is 0 Å². The number of benzene rings is 2. The van der Waals surface area contributed by atoms with Crippen molar-refractivity contribution in [3.63, 3.8) is 0 Å². The van der Waals surface area contributed by atoms with Gasteiger partial charge in [0.2, 0.25) is 15.9 Å². The summed E-state index contributed by atoms with van der Waals surface area (Å²) in [4.78, 5) is 15.0. The minimum atomic E-state index is -3.92. The van der Waals surface area contributed by atoms with Gasteiger partial charge in [-0.1, -0.05) is 35.3 Å². The summed E-state index contributed by atoms with van der Waals surface area (Å²) in [6, 6.07) is 12.8. The van der Waals surface area contributed by atoms with Crippen LogP contribution in [0.25, 0.3) is 0 Å². The number of carbonyl (C=O) groups is 1. The Kier molecular flexibility index (Phi) is 9.34. The Morgan fingerprint density at radius 2 is 1.78 bits per heavy atom. The van der Waals surface area contributed by atoms with Gasteiger partial charge >= 0.3 is 0 Å². The van der Waals surface area contributed by atoms with Gasteiger partial charge in [0.25, 0.3) is 0 Å². The maximum atomic E-state index is 13.3. The highest BCUT2D eigenvalue weighted by molar-refractivity contribution is 7.89. The Morgan fingerprint density at radius 1 is 1.06 bits per heavy atom. The highest BCUT2D eigenvalue weighted by Crippen LogP contribution is 2.21. The van der Waals surface area contributed by atoms with Crippen LogP contribution in [0.2, 0.25) is 10.0 Å². The monoisotopic (exact) mass is 499 g/mol. The van der Waals surface area contributed by atoms with Crippen molar-refractivity contribution < 1.29 is 17.9 Å². The van der Waals surface area contributed by atoms with E-state index < -0.39 is 10.0 Å². The molecule has 10 heteroatoms. The molecular formula is C22H27Cl2N3O4S. The summed E-state index contributed by atoms with van der Waals surface area (Å²) in [5.74, 6) is -0.355. The van der Waals surface area contributed by atoms with E-state index in [1.807, 2.05) is 0 Å². The largest absolute Gasteiger partial charge is 0.379 e. The molecule has 0 bridgehead atoms. The van der Waals surface area contributed by atoms with Crippen LogP contribution in [-0.2, 0) is 26.1 Å². The molecular weight excluding hydrogens is 473 g/mol. The molecule has 0 aromatic heterocycles. The molecule has 1 saturated heterocycles. The summed E-state index contributed by atoms with van der Waals surface area (Å²) in [6.07, 6.45) is 0.782. The molecule has 1 amide bonds. The van der Waals surface area contributed by atoms with Crippen molar-refractivity contribution in [2.75, 3.05) is 45.9 Å². The number of halogens is 2. The lowest BCUT2D eigenvalue weighted by atomic mass is 10.2. The molecule has 3 rings (SSSR count). The first kappa shape index (κ1) is 25.0. The predicted octanol–water partition coefficient (Wildman–Crippen LogP) is 3.02. The van der Waals surface area contributed by atoms with E-state index in [2.05, 4.69) is 10.2 Å². The summed E-state index contributed by atoms with van der Waals surface area (Å²) >= 11 is 12.0. The number of ether oxygens (including phenoxy) is 1. The molecule has 0 radical (unpaired) electrons. The van der Waals surface area contributed by atoms with Crippen molar-refractivity contribution in [3.05, 3.63) is 64.1 Å². The average Bonchev–Trinajstić information content (AvgIpc) is 2.77. The minimum Gasteiger partial charge on any atom is -0.379 e. The molecule has 0 atom stereocenters. The fraction of sp³-hybridized carbons (Fsp3) is 0.409. The quantitative estimate of drug-likeness (QED) is 0.508. The average molecular weight is 500 g/mol. The predicted molar refractivity (Wildman–Crippen MR) is 125 cm³/mol. The number of nitrogens with zero attached hydrogens (tertiary/aromatic N) is 2. The van der Waals surface area contributed by atoms with Gasteiger partial charge in [-0.05, 0) is 54.9 Å². The molecule has 1 aliphatic heterocycles. The highest BCUT2D eigenvalue weighted by atomic mass is 35.5. The number of morpholine rings is 1. The molecule has 32 heavy (non-hydrogen) atoms. The topological polar surface area (TPSA) is 79.0 Å². The van der Waals surface area contributed by atoms with E-state index >= 15 is 0 Å². The van der Waals surface area contributed by atoms with Gasteiger partial charge in [0.05, 0.1) is 24.7 Å². The maximum absolute atomic E-state index is 13.3. The van der Waals surface area contributed by atoms with Gasteiger partial charge in [-0.25, -0.2) is 8.42 Å². The second-order valence-corrected chi connectivity index (χ2v) is 10.3. The SMILES string of the molecule is O=C(CN(Cc1cccc(Cl)c1)S(=O)(=O)c1ccc(Cl)cc1)NCCCN1CCOCC1. The summed E-state index contributed by atoms with van der Waals surface area (Å²) in [7, 11) is -3.92. The molecule has 2 aromatic rings. The van der Waals surface area contributed by atoms with Gasteiger partial charge in [-0.2, -0.15) is 4.31 Å². The van der Waals surface area contributed by atoms with Gasteiger partial charge in [-0.15, -0.1) is 0 Å². The molecule has 0 spiro atoms. The maximum Gasteiger partial charge on any atom is 0.243 e. The molecule has 1 fully saturated rings. The van der Waals surface area contributed by atoms with Crippen LogP contribution in [-0.4, -0.2) is 69.5 Å². The zero-order valence-corrected chi connectivity index (χ0v) is 20.0. The first-order valence-corrected chi connectivity index (χ1v) is 12.6. The van der Waals surface area contributed by atoms with E-state index in [9.17, 15) is 13.2 Å². The van der Waals surface area contributed by atoms with Gasteiger partial charge in [-0.3, -0.25) is 9.69 Å². The third kappa shape index (κ3) is 7.43. The lowest BCUT2D eigenvalue weighted by Gasteiger charge is -2.26. The lowest BCUT2D eigenvalue weighted by molar-refractivity contribution is -0.121. The van der Waals surface area contributed by atoms with Crippen LogP contribution >= 0.6 is 23.2 Å². The summed E-state index contributed by atoms with van der Waals surface area (Å²) in [5, 5.41) is 3.77.